The molecule has 0 aliphatic carbocycles. The summed E-state index contributed by atoms with van der Waals surface area (Å²) in [5, 5.41) is 0. The molecule has 0 spiro atoms. The van der Waals surface area contributed by atoms with Gasteiger partial charge in [0.15, 0.2) is 5.69 Å². The van der Waals surface area contributed by atoms with Gasteiger partial charge in [-0.2, -0.15) is 18.2 Å². The van der Waals surface area contributed by atoms with Crippen molar-refractivity contribution in [2.45, 2.75) is 32.0 Å². The van der Waals surface area contributed by atoms with E-state index in [0.717, 1.165) is 6.07 Å². The molecule has 1 saturated heterocycles. The van der Waals surface area contributed by atoms with Crippen molar-refractivity contribution in [3.8, 4) is 0 Å². The number of primary amides is 1. The van der Waals surface area contributed by atoms with Crippen LogP contribution >= 0.6 is 0 Å². The molecule has 1 aromatic rings. The summed E-state index contributed by atoms with van der Waals surface area (Å²) >= 11 is 0. The number of nitrogen functional groups attached to an aromatic ring is 1. The van der Waals surface area contributed by atoms with Crippen LogP contribution in [0.4, 0.5) is 24.9 Å². The van der Waals surface area contributed by atoms with E-state index in [-0.39, 0.29) is 18.4 Å². The molecule has 6 nitrogen and oxygen atoms in total. The first kappa shape index (κ1) is 15.3. The van der Waals surface area contributed by atoms with Crippen LogP contribution in [0, 0.1) is 5.92 Å². The predicted molar refractivity (Wildman–Crippen MR) is 70.2 cm³/mol. The molecule has 2 rings (SSSR count). The molecule has 1 amide bonds. The Bertz CT molecular complexity index is 548. The number of rotatable bonds is 2. The zero-order chi connectivity index (χ0) is 15.8. The number of aromatic nitrogens is 2. The molecule has 0 bridgehead atoms. The second-order valence-electron chi connectivity index (χ2n) is 5.15. The largest absolute Gasteiger partial charge is 0.433 e. The first-order chi connectivity index (χ1) is 9.68. The Balaban J connectivity index is 2.35. The monoisotopic (exact) mass is 303 g/mol. The average Bonchev–Trinajstić information content (AvgIpc) is 2.37. The normalized spacial score (nSPS) is 23.1. The van der Waals surface area contributed by atoms with Crippen LogP contribution in [0.25, 0.3) is 0 Å². The van der Waals surface area contributed by atoms with Gasteiger partial charge in [-0.3, -0.25) is 4.79 Å². The van der Waals surface area contributed by atoms with E-state index in [0.29, 0.717) is 12.8 Å². The predicted octanol–water partition coefficient (Wildman–Crippen LogP) is 1.17. The standard InChI is InChI=1S/C12H16F3N5O/c1-6-2-3-7(10(16)21)5-20(6)9-4-8(12(13,14)15)18-11(17)19-9/h4,6-7H,2-3,5H2,1H3,(H2,16,21)(H2,17,18,19). The van der Waals surface area contributed by atoms with Gasteiger partial charge in [-0.15, -0.1) is 0 Å². The van der Waals surface area contributed by atoms with Crippen LogP contribution < -0.4 is 16.4 Å². The molecule has 21 heavy (non-hydrogen) atoms. The van der Waals surface area contributed by atoms with Gasteiger partial charge in [0.1, 0.15) is 5.82 Å². The average molecular weight is 303 g/mol. The summed E-state index contributed by atoms with van der Waals surface area (Å²) in [5.41, 5.74) is 9.54. The molecule has 2 atom stereocenters. The zero-order valence-electron chi connectivity index (χ0n) is 11.4. The van der Waals surface area contributed by atoms with Gasteiger partial charge >= 0.3 is 6.18 Å². The van der Waals surface area contributed by atoms with Gasteiger partial charge in [-0.1, -0.05) is 0 Å². The van der Waals surface area contributed by atoms with Crippen molar-refractivity contribution in [1.82, 2.24) is 9.97 Å². The molecule has 116 valence electrons. The Labute approximate surface area is 119 Å². The number of nitrogens with two attached hydrogens (primary N) is 2. The molecule has 1 aromatic heterocycles. The van der Waals surface area contributed by atoms with E-state index in [4.69, 9.17) is 11.5 Å². The van der Waals surface area contributed by atoms with Crippen molar-refractivity contribution >= 4 is 17.7 Å². The third-order valence-electron chi connectivity index (χ3n) is 3.60. The van der Waals surface area contributed by atoms with Gasteiger partial charge in [0.2, 0.25) is 11.9 Å². The number of anilines is 2. The van der Waals surface area contributed by atoms with Crippen molar-refractivity contribution in [2.75, 3.05) is 17.2 Å². The van der Waals surface area contributed by atoms with Crippen LogP contribution in [0.3, 0.4) is 0 Å². The number of amides is 1. The van der Waals surface area contributed by atoms with Gasteiger partial charge < -0.3 is 16.4 Å². The summed E-state index contributed by atoms with van der Waals surface area (Å²) in [7, 11) is 0. The van der Waals surface area contributed by atoms with E-state index in [1.54, 1.807) is 4.90 Å². The number of halogens is 3. The van der Waals surface area contributed by atoms with Crippen molar-refractivity contribution < 1.29 is 18.0 Å². The fraction of sp³-hybridized carbons (Fsp3) is 0.583. The van der Waals surface area contributed by atoms with E-state index in [1.807, 2.05) is 6.92 Å². The number of alkyl halides is 3. The number of nitrogens with zero attached hydrogens (tertiary/aromatic N) is 3. The fourth-order valence-corrected chi connectivity index (χ4v) is 2.40. The van der Waals surface area contributed by atoms with Crippen LogP contribution in [0.1, 0.15) is 25.5 Å². The maximum absolute atomic E-state index is 12.8. The summed E-state index contributed by atoms with van der Waals surface area (Å²) in [5.74, 6) is -1.27. The second kappa shape index (κ2) is 5.38. The topological polar surface area (TPSA) is 98.1 Å². The van der Waals surface area contributed by atoms with Gasteiger partial charge in [0.05, 0.1) is 5.92 Å². The van der Waals surface area contributed by atoms with E-state index in [1.165, 1.54) is 0 Å². The van der Waals surface area contributed by atoms with Crippen molar-refractivity contribution in [1.29, 1.82) is 0 Å². The maximum Gasteiger partial charge on any atom is 0.433 e. The molecule has 1 fully saturated rings. The van der Waals surface area contributed by atoms with Crippen LogP contribution in [-0.2, 0) is 11.0 Å². The van der Waals surface area contributed by atoms with Gasteiger partial charge in [0, 0.05) is 18.7 Å². The van der Waals surface area contributed by atoms with Gasteiger partial charge in [0.25, 0.3) is 0 Å². The van der Waals surface area contributed by atoms with Crippen molar-refractivity contribution in [3.05, 3.63) is 11.8 Å². The van der Waals surface area contributed by atoms with E-state index >= 15 is 0 Å². The minimum Gasteiger partial charge on any atom is -0.369 e. The molecular formula is C12H16F3N5O. The number of hydrogen-bond donors (Lipinski definition) is 2. The first-order valence-electron chi connectivity index (χ1n) is 6.46. The molecule has 0 aromatic carbocycles. The molecule has 1 aliphatic heterocycles. The quantitative estimate of drug-likeness (QED) is 0.854. The van der Waals surface area contributed by atoms with Crippen LogP contribution in [0.5, 0.6) is 0 Å². The molecule has 0 saturated carbocycles. The van der Waals surface area contributed by atoms with E-state index in [2.05, 4.69) is 9.97 Å². The Kier molecular flexibility index (Phi) is 3.93. The summed E-state index contributed by atoms with van der Waals surface area (Å²) in [4.78, 5) is 20.0. The minimum absolute atomic E-state index is 0.0593. The highest BCUT2D eigenvalue weighted by Crippen LogP contribution is 2.32. The lowest BCUT2D eigenvalue weighted by Crippen LogP contribution is -2.46. The summed E-state index contributed by atoms with van der Waals surface area (Å²) in [6, 6.07) is 0.784. The fourth-order valence-electron chi connectivity index (χ4n) is 2.40. The zero-order valence-corrected chi connectivity index (χ0v) is 11.4. The Morgan fingerprint density at radius 3 is 2.62 bits per heavy atom. The van der Waals surface area contributed by atoms with Crippen LogP contribution in [0.15, 0.2) is 6.07 Å². The van der Waals surface area contributed by atoms with Gasteiger partial charge in [-0.05, 0) is 19.8 Å². The van der Waals surface area contributed by atoms with Crippen LogP contribution in [-0.4, -0.2) is 28.5 Å². The molecule has 4 N–H and O–H groups in total. The summed E-state index contributed by atoms with van der Waals surface area (Å²) in [6.45, 7) is 2.08. The number of carbonyl (C=O) groups is 1. The smallest absolute Gasteiger partial charge is 0.369 e. The molecular weight excluding hydrogens is 287 g/mol. The van der Waals surface area contributed by atoms with Crippen LogP contribution in [0.2, 0.25) is 0 Å². The lowest BCUT2D eigenvalue weighted by molar-refractivity contribution is -0.141. The molecule has 2 unspecified atom stereocenters. The lowest BCUT2D eigenvalue weighted by atomic mass is 9.93. The summed E-state index contributed by atoms with van der Waals surface area (Å²) < 4.78 is 38.3. The Morgan fingerprint density at radius 1 is 1.38 bits per heavy atom. The highest BCUT2D eigenvalue weighted by Gasteiger charge is 2.35. The highest BCUT2D eigenvalue weighted by molar-refractivity contribution is 5.77. The lowest BCUT2D eigenvalue weighted by Gasteiger charge is -2.37. The summed E-state index contributed by atoms with van der Waals surface area (Å²) in [6.07, 6.45) is -3.35. The number of carbonyl (C=O) groups excluding carboxylic acids is 1. The Hall–Kier alpha value is -2.06. The molecule has 1 aliphatic rings. The van der Waals surface area contributed by atoms with E-state index in [9.17, 15) is 18.0 Å². The van der Waals surface area contributed by atoms with Crippen molar-refractivity contribution in [3.63, 3.8) is 0 Å². The number of piperidine rings is 1. The maximum atomic E-state index is 12.8. The molecule has 2 heterocycles. The van der Waals surface area contributed by atoms with E-state index < -0.39 is 29.6 Å². The Morgan fingerprint density at radius 2 is 2.05 bits per heavy atom. The number of hydrogen-bond acceptors (Lipinski definition) is 5. The SMILES string of the molecule is CC1CCC(C(N)=O)CN1c1cc(C(F)(F)F)nc(N)n1. The first-order valence-corrected chi connectivity index (χ1v) is 6.46. The second-order valence-corrected chi connectivity index (χ2v) is 5.15. The van der Waals surface area contributed by atoms with Crippen molar-refractivity contribution in [2.24, 2.45) is 11.7 Å². The highest BCUT2D eigenvalue weighted by atomic mass is 19.4. The third kappa shape index (κ3) is 3.34. The van der Waals surface area contributed by atoms with Gasteiger partial charge in [-0.25, -0.2) is 4.98 Å². The third-order valence-corrected chi connectivity index (χ3v) is 3.60. The minimum atomic E-state index is -4.60. The molecule has 9 heteroatoms. The molecule has 0 radical (unpaired) electrons.